The van der Waals surface area contributed by atoms with Gasteiger partial charge in [-0.15, -0.1) is 0 Å². The molecule has 3 rings (SSSR count). The fourth-order valence-corrected chi connectivity index (χ4v) is 1.96. The number of rotatable bonds is 3. The van der Waals surface area contributed by atoms with Gasteiger partial charge in [0.05, 0.1) is 30.7 Å². The molecule has 0 saturated heterocycles. The zero-order valence-electron chi connectivity index (χ0n) is 10.1. The van der Waals surface area contributed by atoms with Crippen LogP contribution in [0.25, 0.3) is 0 Å². The Balaban J connectivity index is 1.81. The van der Waals surface area contributed by atoms with Crippen LogP contribution in [0.2, 0.25) is 0 Å². The molecule has 0 aliphatic carbocycles. The molecule has 0 unspecified atom stereocenters. The Bertz CT molecular complexity index is 617. The maximum atomic E-state index is 11.9. The molecule has 1 aromatic heterocycles. The summed E-state index contributed by atoms with van der Waals surface area (Å²) in [6.07, 6.45) is 5.51. The minimum atomic E-state index is -0.0687. The summed E-state index contributed by atoms with van der Waals surface area (Å²) < 4.78 is 1.87. The minimum absolute atomic E-state index is 0.0687. The van der Waals surface area contributed by atoms with Crippen molar-refractivity contribution in [3.05, 3.63) is 43.0 Å². The molecule has 1 aliphatic rings. The van der Waals surface area contributed by atoms with E-state index in [9.17, 15) is 9.90 Å². The van der Waals surface area contributed by atoms with Crippen molar-refractivity contribution in [2.45, 2.75) is 13.0 Å². The van der Waals surface area contributed by atoms with Crippen molar-refractivity contribution in [3.8, 4) is 5.75 Å². The number of carbonyl (C=O) groups is 1. The fourth-order valence-electron chi connectivity index (χ4n) is 1.96. The molecule has 2 aromatic rings. The lowest BCUT2D eigenvalue weighted by Crippen LogP contribution is -2.19. The van der Waals surface area contributed by atoms with Crippen molar-refractivity contribution < 1.29 is 9.90 Å². The van der Waals surface area contributed by atoms with E-state index in [1.54, 1.807) is 24.7 Å². The van der Waals surface area contributed by atoms with E-state index in [1.165, 1.54) is 17.1 Å². The molecule has 19 heavy (non-hydrogen) atoms. The summed E-state index contributed by atoms with van der Waals surface area (Å²) >= 11 is 0. The van der Waals surface area contributed by atoms with Crippen molar-refractivity contribution in [2.24, 2.45) is 5.10 Å². The van der Waals surface area contributed by atoms with Crippen LogP contribution in [-0.4, -0.2) is 26.3 Å². The molecular formula is C13H12N4O2. The number of hydrogen-bond acceptors (Lipinski definition) is 4. The second-order valence-electron chi connectivity index (χ2n) is 4.30. The molecule has 1 aromatic carbocycles. The number of hydrazone groups is 1. The summed E-state index contributed by atoms with van der Waals surface area (Å²) in [5.41, 5.74) is 1.44. The number of benzene rings is 1. The summed E-state index contributed by atoms with van der Waals surface area (Å²) in [7, 11) is 0. The number of amides is 1. The molecular weight excluding hydrogens is 244 g/mol. The van der Waals surface area contributed by atoms with Gasteiger partial charge in [0.15, 0.2) is 0 Å². The Hall–Kier alpha value is -2.63. The highest BCUT2D eigenvalue weighted by Crippen LogP contribution is 2.23. The summed E-state index contributed by atoms with van der Waals surface area (Å²) in [4.78, 5) is 15.9. The maximum Gasteiger partial charge on any atom is 0.253 e. The lowest BCUT2D eigenvalue weighted by Gasteiger charge is -2.11. The number of imidazole rings is 1. The van der Waals surface area contributed by atoms with Crippen LogP contribution in [0.5, 0.6) is 5.75 Å². The first-order valence-corrected chi connectivity index (χ1v) is 5.86. The van der Waals surface area contributed by atoms with Gasteiger partial charge in [-0.25, -0.2) is 9.99 Å². The highest BCUT2D eigenvalue weighted by atomic mass is 16.3. The average Bonchev–Trinajstić information content (AvgIpc) is 3.01. The summed E-state index contributed by atoms with van der Waals surface area (Å²) in [5.74, 6) is 0.0961. The Kier molecular flexibility index (Phi) is 2.75. The first-order chi connectivity index (χ1) is 9.22. The quantitative estimate of drug-likeness (QED) is 0.901. The van der Waals surface area contributed by atoms with E-state index in [0.717, 1.165) is 5.71 Å². The predicted molar refractivity (Wildman–Crippen MR) is 69.9 cm³/mol. The highest BCUT2D eigenvalue weighted by molar-refractivity contribution is 6.12. The van der Waals surface area contributed by atoms with Crippen molar-refractivity contribution in [1.29, 1.82) is 0 Å². The van der Waals surface area contributed by atoms with Crippen LogP contribution in [0.1, 0.15) is 6.42 Å². The van der Waals surface area contributed by atoms with E-state index < -0.39 is 0 Å². The van der Waals surface area contributed by atoms with Crippen LogP contribution in [0.15, 0.2) is 48.1 Å². The van der Waals surface area contributed by atoms with Gasteiger partial charge in [0.2, 0.25) is 0 Å². The lowest BCUT2D eigenvalue weighted by atomic mass is 10.2. The molecule has 0 spiro atoms. The van der Waals surface area contributed by atoms with Gasteiger partial charge in [-0.05, 0) is 24.3 Å². The Morgan fingerprint density at radius 3 is 2.74 bits per heavy atom. The number of nitrogens with zero attached hydrogens (tertiary/aromatic N) is 4. The molecule has 0 radical (unpaired) electrons. The maximum absolute atomic E-state index is 11.9. The van der Waals surface area contributed by atoms with Crippen LogP contribution in [0, 0.1) is 0 Å². The predicted octanol–water partition coefficient (Wildman–Crippen LogP) is 1.38. The SMILES string of the molecule is O=C1CC(Cn2ccnc2)=NN1c1ccc(O)cc1. The topological polar surface area (TPSA) is 70.7 Å². The highest BCUT2D eigenvalue weighted by Gasteiger charge is 2.25. The molecule has 0 bridgehead atoms. The lowest BCUT2D eigenvalue weighted by molar-refractivity contribution is -0.116. The summed E-state index contributed by atoms with van der Waals surface area (Å²) in [6.45, 7) is 0.556. The van der Waals surface area contributed by atoms with Crippen molar-refractivity contribution in [1.82, 2.24) is 9.55 Å². The van der Waals surface area contributed by atoms with E-state index >= 15 is 0 Å². The second-order valence-corrected chi connectivity index (χ2v) is 4.30. The molecule has 0 atom stereocenters. The first kappa shape index (κ1) is 11.5. The monoisotopic (exact) mass is 256 g/mol. The van der Waals surface area contributed by atoms with Gasteiger partial charge < -0.3 is 9.67 Å². The molecule has 6 nitrogen and oxygen atoms in total. The third-order valence-electron chi connectivity index (χ3n) is 2.85. The average molecular weight is 256 g/mol. The normalized spacial score (nSPS) is 14.8. The van der Waals surface area contributed by atoms with Gasteiger partial charge in [-0.1, -0.05) is 0 Å². The van der Waals surface area contributed by atoms with Crippen LogP contribution in [-0.2, 0) is 11.3 Å². The number of hydrogen-bond donors (Lipinski definition) is 1. The first-order valence-electron chi connectivity index (χ1n) is 5.86. The van der Waals surface area contributed by atoms with Gasteiger partial charge in [0.25, 0.3) is 5.91 Å². The van der Waals surface area contributed by atoms with E-state index in [4.69, 9.17) is 0 Å². The molecule has 0 fully saturated rings. The largest absolute Gasteiger partial charge is 0.508 e. The minimum Gasteiger partial charge on any atom is -0.508 e. The number of anilines is 1. The standard InChI is InChI=1S/C13H12N4O2/c18-12-3-1-11(2-4-12)17-13(19)7-10(15-17)8-16-6-5-14-9-16/h1-6,9,18H,7-8H2. The molecule has 6 heteroatoms. The molecule has 1 amide bonds. The molecule has 2 heterocycles. The second kappa shape index (κ2) is 4.56. The Labute approximate surface area is 109 Å². The molecule has 96 valence electrons. The van der Waals surface area contributed by atoms with Crippen molar-refractivity contribution in [2.75, 3.05) is 5.01 Å². The number of carbonyl (C=O) groups excluding carboxylic acids is 1. The van der Waals surface area contributed by atoms with Crippen molar-refractivity contribution >= 4 is 17.3 Å². The number of aromatic hydroxyl groups is 1. The van der Waals surface area contributed by atoms with E-state index in [0.29, 0.717) is 18.7 Å². The zero-order chi connectivity index (χ0) is 13.2. The number of phenols is 1. The summed E-state index contributed by atoms with van der Waals surface area (Å²) in [5, 5.41) is 14.9. The van der Waals surface area contributed by atoms with Gasteiger partial charge in [-0.2, -0.15) is 5.10 Å². The molecule has 1 aliphatic heterocycles. The van der Waals surface area contributed by atoms with Gasteiger partial charge in [0, 0.05) is 12.4 Å². The van der Waals surface area contributed by atoms with E-state index in [-0.39, 0.29) is 11.7 Å². The third-order valence-corrected chi connectivity index (χ3v) is 2.85. The van der Waals surface area contributed by atoms with Gasteiger partial charge >= 0.3 is 0 Å². The molecule has 1 N–H and O–H groups in total. The summed E-state index contributed by atoms with van der Waals surface area (Å²) in [6, 6.07) is 6.39. The van der Waals surface area contributed by atoms with Crippen LogP contribution >= 0.6 is 0 Å². The van der Waals surface area contributed by atoms with Crippen molar-refractivity contribution in [3.63, 3.8) is 0 Å². The third kappa shape index (κ3) is 2.33. The number of phenolic OH excluding ortho intramolecular Hbond substituents is 1. The van der Waals surface area contributed by atoms with Gasteiger partial charge in [0.1, 0.15) is 5.75 Å². The smallest absolute Gasteiger partial charge is 0.253 e. The van der Waals surface area contributed by atoms with E-state index in [1.807, 2.05) is 10.8 Å². The van der Waals surface area contributed by atoms with E-state index in [2.05, 4.69) is 10.1 Å². The van der Waals surface area contributed by atoms with Crippen LogP contribution < -0.4 is 5.01 Å². The van der Waals surface area contributed by atoms with Gasteiger partial charge in [-0.3, -0.25) is 4.79 Å². The Morgan fingerprint density at radius 1 is 1.26 bits per heavy atom. The van der Waals surface area contributed by atoms with Crippen LogP contribution in [0.4, 0.5) is 5.69 Å². The fraction of sp³-hybridized carbons (Fsp3) is 0.154. The molecule has 0 saturated carbocycles. The zero-order valence-corrected chi connectivity index (χ0v) is 10.1. The van der Waals surface area contributed by atoms with Crippen LogP contribution in [0.3, 0.4) is 0 Å². The Morgan fingerprint density at radius 2 is 2.05 bits per heavy atom. The number of aromatic nitrogens is 2.